The molecule has 1 amide bonds. The Balaban J connectivity index is 1.50. The lowest BCUT2D eigenvalue weighted by atomic mass is 10.1. The van der Waals surface area contributed by atoms with Crippen LogP contribution in [0.5, 0.6) is 5.75 Å². The van der Waals surface area contributed by atoms with Crippen molar-refractivity contribution in [2.75, 3.05) is 12.4 Å². The highest BCUT2D eigenvalue weighted by Crippen LogP contribution is 2.35. The van der Waals surface area contributed by atoms with Crippen molar-refractivity contribution in [2.45, 2.75) is 5.50 Å². The number of carboxylic acids is 1. The minimum absolute atomic E-state index is 0.0122. The zero-order valence-electron chi connectivity index (χ0n) is 16.5. The molecule has 1 aliphatic rings. The van der Waals surface area contributed by atoms with Gasteiger partial charge in [-0.1, -0.05) is 41.0 Å². The summed E-state index contributed by atoms with van der Waals surface area (Å²) in [6.07, 6.45) is 1.63. The minimum Gasteiger partial charge on any atom is -0.495 e. The summed E-state index contributed by atoms with van der Waals surface area (Å²) in [5.41, 5.74) is 0.873. The molecule has 0 aliphatic carbocycles. The molecule has 1 atom stereocenters. The molecule has 1 fully saturated rings. The van der Waals surface area contributed by atoms with E-state index in [4.69, 9.17) is 37.5 Å². The Bertz CT molecular complexity index is 1240. The van der Waals surface area contributed by atoms with Gasteiger partial charge in [-0.3, -0.25) is 4.79 Å². The fourth-order valence-corrected chi connectivity index (χ4v) is 4.45. The normalized spacial score (nSPS) is 16.8. The molecule has 10 heteroatoms. The first-order valence-corrected chi connectivity index (χ1v) is 10.9. The number of rotatable bonds is 6. The highest BCUT2D eigenvalue weighted by atomic mass is 35.5. The maximum atomic E-state index is 12.4. The third kappa shape index (κ3) is 4.72. The number of anilines is 1. The van der Waals surface area contributed by atoms with Gasteiger partial charge in [-0.05, 0) is 42.5 Å². The van der Waals surface area contributed by atoms with Gasteiger partial charge >= 0.3 is 5.97 Å². The molecular formula is C22H16Cl2N2O5S. The van der Waals surface area contributed by atoms with E-state index in [1.807, 2.05) is 0 Å². The minimum atomic E-state index is -1.10. The van der Waals surface area contributed by atoms with Crippen LogP contribution in [0.1, 0.15) is 16.1 Å². The Labute approximate surface area is 197 Å². The standard InChI is InChI=1S/C22H16Cl2N2O5S/c1-30-18-6-3-12(23)9-16(18)25-22-26-20(27)19(32-22)10-13-4-7-17(31-13)11-2-5-14(21(28)29)15(24)8-11/h2-10,22,25H,1H3,(H,26,27)(H,28,29)/b19-10-. The smallest absolute Gasteiger partial charge is 0.337 e. The van der Waals surface area contributed by atoms with Crippen LogP contribution in [0.2, 0.25) is 10.0 Å². The van der Waals surface area contributed by atoms with Gasteiger partial charge in [0.1, 0.15) is 17.3 Å². The fourth-order valence-electron chi connectivity index (χ4n) is 3.06. The van der Waals surface area contributed by atoms with E-state index >= 15 is 0 Å². The number of halogens is 2. The van der Waals surface area contributed by atoms with Gasteiger partial charge in [0.2, 0.25) is 0 Å². The number of hydrogen-bond acceptors (Lipinski definition) is 6. The molecule has 0 spiro atoms. The maximum Gasteiger partial charge on any atom is 0.337 e. The number of hydrogen-bond donors (Lipinski definition) is 3. The predicted octanol–water partition coefficient (Wildman–Crippen LogP) is 5.56. The molecule has 4 rings (SSSR count). The molecule has 1 saturated heterocycles. The Morgan fingerprint density at radius 3 is 2.75 bits per heavy atom. The SMILES string of the molecule is COc1ccc(Cl)cc1NC1NC(=O)/C(=C/c2ccc(-c3ccc(C(=O)O)c(Cl)c3)o2)S1. The van der Waals surface area contributed by atoms with Gasteiger partial charge in [0.05, 0.1) is 28.3 Å². The van der Waals surface area contributed by atoms with E-state index in [9.17, 15) is 9.59 Å². The summed E-state index contributed by atoms with van der Waals surface area (Å²) in [5, 5.41) is 15.8. The van der Waals surface area contributed by atoms with Crippen LogP contribution in [-0.4, -0.2) is 29.6 Å². The average molecular weight is 491 g/mol. The zero-order valence-corrected chi connectivity index (χ0v) is 18.8. The van der Waals surface area contributed by atoms with Crippen molar-refractivity contribution in [3.8, 4) is 17.1 Å². The molecule has 3 N–H and O–H groups in total. The number of aromatic carboxylic acids is 1. The lowest BCUT2D eigenvalue weighted by molar-refractivity contribution is -0.116. The quantitative estimate of drug-likeness (QED) is 0.388. The summed E-state index contributed by atoms with van der Waals surface area (Å²) in [6.45, 7) is 0. The number of carboxylic acid groups (broad SMARTS) is 1. The number of carbonyl (C=O) groups excluding carboxylic acids is 1. The Hall–Kier alpha value is -3.07. The van der Waals surface area contributed by atoms with Gasteiger partial charge in [0.15, 0.2) is 5.50 Å². The van der Waals surface area contributed by atoms with Gasteiger partial charge in [-0.2, -0.15) is 0 Å². The first kappa shape index (κ1) is 22.1. The summed E-state index contributed by atoms with van der Waals surface area (Å²) in [6, 6.07) is 13.2. The maximum absolute atomic E-state index is 12.4. The van der Waals surface area contributed by atoms with E-state index in [0.29, 0.717) is 38.4 Å². The van der Waals surface area contributed by atoms with Crippen LogP contribution in [0.4, 0.5) is 5.69 Å². The molecule has 1 unspecified atom stereocenters. The number of carbonyl (C=O) groups is 2. The molecule has 1 aromatic heterocycles. The van der Waals surface area contributed by atoms with Crippen LogP contribution in [0.3, 0.4) is 0 Å². The Kier molecular flexibility index (Phi) is 6.36. The first-order valence-electron chi connectivity index (χ1n) is 9.26. The van der Waals surface area contributed by atoms with Gasteiger partial charge in [-0.25, -0.2) is 4.79 Å². The molecule has 2 heterocycles. The number of thioether (sulfide) groups is 1. The second kappa shape index (κ2) is 9.20. The van der Waals surface area contributed by atoms with E-state index in [1.165, 1.54) is 23.9 Å². The molecule has 32 heavy (non-hydrogen) atoms. The molecule has 7 nitrogen and oxygen atoms in total. The molecule has 1 aliphatic heterocycles. The van der Waals surface area contributed by atoms with E-state index in [-0.39, 0.29) is 16.5 Å². The molecule has 2 aromatic carbocycles. The molecule has 0 bridgehead atoms. The van der Waals surface area contributed by atoms with Crippen molar-refractivity contribution < 1.29 is 23.8 Å². The van der Waals surface area contributed by atoms with Gasteiger partial charge in [-0.15, -0.1) is 0 Å². The summed E-state index contributed by atoms with van der Waals surface area (Å²) in [7, 11) is 1.55. The zero-order chi connectivity index (χ0) is 22.8. The monoisotopic (exact) mass is 490 g/mol. The van der Waals surface area contributed by atoms with Crippen molar-refractivity contribution >= 4 is 58.6 Å². The number of furan rings is 1. The van der Waals surface area contributed by atoms with Crippen molar-refractivity contribution in [1.82, 2.24) is 5.32 Å². The Morgan fingerprint density at radius 2 is 2.03 bits per heavy atom. The third-order valence-corrected chi connectivity index (χ3v) is 6.14. The molecule has 0 radical (unpaired) electrons. The van der Waals surface area contributed by atoms with E-state index in [0.717, 1.165) is 0 Å². The van der Waals surface area contributed by atoms with Crippen LogP contribution >= 0.6 is 35.0 Å². The van der Waals surface area contributed by atoms with Crippen molar-refractivity contribution in [3.05, 3.63) is 74.8 Å². The van der Waals surface area contributed by atoms with Crippen molar-refractivity contribution in [1.29, 1.82) is 0 Å². The largest absolute Gasteiger partial charge is 0.495 e. The number of amides is 1. The van der Waals surface area contributed by atoms with E-state index in [2.05, 4.69) is 10.6 Å². The van der Waals surface area contributed by atoms with Gasteiger partial charge in [0.25, 0.3) is 5.91 Å². The van der Waals surface area contributed by atoms with E-state index < -0.39 is 11.5 Å². The van der Waals surface area contributed by atoms with Crippen LogP contribution in [0, 0.1) is 0 Å². The predicted molar refractivity (Wildman–Crippen MR) is 125 cm³/mol. The van der Waals surface area contributed by atoms with Crippen LogP contribution in [-0.2, 0) is 4.79 Å². The summed E-state index contributed by atoms with van der Waals surface area (Å²) in [5.74, 6) is 0.217. The number of methoxy groups -OCH3 is 1. The van der Waals surface area contributed by atoms with Crippen LogP contribution in [0.25, 0.3) is 17.4 Å². The highest BCUT2D eigenvalue weighted by Gasteiger charge is 2.28. The number of ether oxygens (including phenoxy) is 1. The second-order valence-corrected chi connectivity index (χ2v) is 8.66. The first-order chi connectivity index (χ1) is 15.3. The molecule has 0 saturated carbocycles. The molecule has 3 aromatic rings. The second-order valence-electron chi connectivity index (χ2n) is 6.67. The number of benzene rings is 2. The van der Waals surface area contributed by atoms with E-state index in [1.54, 1.807) is 49.6 Å². The lowest BCUT2D eigenvalue weighted by Gasteiger charge is -2.15. The molecular weight excluding hydrogens is 475 g/mol. The Morgan fingerprint density at radius 1 is 1.22 bits per heavy atom. The summed E-state index contributed by atoms with van der Waals surface area (Å²) in [4.78, 5) is 24.0. The van der Waals surface area contributed by atoms with Crippen LogP contribution in [0.15, 0.2) is 57.9 Å². The third-order valence-electron chi connectivity index (χ3n) is 4.56. The van der Waals surface area contributed by atoms with Crippen molar-refractivity contribution in [2.24, 2.45) is 0 Å². The topological polar surface area (TPSA) is 101 Å². The van der Waals surface area contributed by atoms with Gasteiger partial charge < -0.3 is 24.9 Å². The fraction of sp³-hybridized carbons (Fsp3) is 0.0909. The lowest BCUT2D eigenvalue weighted by Crippen LogP contribution is -2.31. The van der Waals surface area contributed by atoms with Gasteiger partial charge in [0, 0.05) is 16.7 Å². The highest BCUT2D eigenvalue weighted by molar-refractivity contribution is 8.05. The summed E-state index contributed by atoms with van der Waals surface area (Å²) >= 11 is 13.4. The molecule has 164 valence electrons. The average Bonchev–Trinajstić information content (AvgIpc) is 3.35. The number of nitrogens with one attached hydrogen (secondary N) is 2. The van der Waals surface area contributed by atoms with Crippen LogP contribution < -0.4 is 15.4 Å². The summed E-state index contributed by atoms with van der Waals surface area (Å²) < 4.78 is 11.1. The van der Waals surface area contributed by atoms with Crippen molar-refractivity contribution in [3.63, 3.8) is 0 Å².